The van der Waals surface area contributed by atoms with Crippen LogP contribution in [0.2, 0.25) is 0 Å². The molecule has 0 bridgehead atoms. The Kier molecular flexibility index (Phi) is 5.14. The van der Waals surface area contributed by atoms with E-state index in [1.54, 1.807) is 24.3 Å². The highest BCUT2D eigenvalue weighted by atomic mass is 79.9. The molecule has 1 aliphatic heterocycles. The van der Waals surface area contributed by atoms with Gasteiger partial charge >= 0.3 is 6.03 Å². The Morgan fingerprint density at radius 1 is 0.931 bits per heavy atom. The highest BCUT2D eigenvalue weighted by Gasteiger charge is 2.35. The average Bonchev–Trinajstić information content (AvgIpc) is 3.18. The van der Waals surface area contributed by atoms with Crippen LogP contribution in [-0.4, -0.2) is 22.7 Å². The Hall–Kier alpha value is -3.45. The molecule has 0 saturated carbocycles. The van der Waals surface area contributed by atoms with E-state index in [1.807, 2.05) is 42.5 Å². The third-order valence-electron chi connectivity index (χ3n) is 4.41. The number of furan rings is 1. The van der Waals surface area contributed by atoms with Gasteiger partial charge in [0.15, 0.2) is 0 Å². The van der Waals surface area contributed by atoms with Gasteiger partial charge in [-0.05, 0) is 35.9 Å². The van der Waals surface area contributed by atoms with E-state index in [-0.39, 0.29) is 12.1 Å². The summed E-state index contributed by atoms with van der Waals surface area (Å²) in [4.78, 5) is 38.2. The molecule has 1 N–H and O–H groups in total. The molecule has 4 amide bonds. The number of halogens is 1. The van der Waals surface area contributed by atoms with Crippen molar-refractivity contribution < 1.29 is 18.8 Å². The van der Waals surface area contributed by atoms with Gasteiger partial charge in [-0.3, -0.25) is 19.8 Å². The second kappa shape index (κ2) is 7.89. The Labute approximate surface area is 174 Å². The van der Waals surface area contributed by atoms with Crippen molar-refractivity contribution in [3.63, 3.8) is 0 Å². The third kappa shape index (κ3) is 4.05. The first-order valence-electron chi connectivity index (χ1n) is 8.80. The number of nitrogens with one attached hydrogen (secondary N) is 1. The third-order valence-corrected chi connectivity index (χ3v) is 4.94. The van der Waals surface area contributed by atoms with E-state index < -0.39 is 17.8 Å². The van der Waals surface area contributed by atoms with Crippen molar-refractivity contribution in [3.05, 3.63) is 88.1 Å². The van der Waals surface area contributed by atoms with Crippen LogP contribution in [0.1, 0.15) is 11.3 Å². The van der Waals surface area contributed by atoms with Crippen molar-refractivity contribution in [3.8, 4) is 11.3 Å². The molecular weight excluding hydrogens is 436 g/mol. The van der Waals surface area contributed by atoms with Gasteiger partial charge < -0.3 is 4.42 Å². The summed E-state index contributed by atoms with van der Waals surface area (Å²) in [6, 6.07) is 19.3. The summed E-state index contributed by atoms with van der Waals surface area (Å²) in [6.45, 7) is 0.0679. The molecule has 0 unspecified atom stereocenters. The van der Waals surface area contributed by atoms with Crippen molar-refractivity contribution in [1.29, 1.82) is 0 Å². The van der Waals surface area contributed by atoms with Crippen molar-refractivity contribution in [2.24, 2.45) is 0 Å². The van der Waals surface area contributed by atoms with Gasteiger partial charge in [-0.25, -0.2) is 4.79 Å². The van der Waals surface area contributed by atoms with Gasteiger partial charge in [0.05, 0.1) is 6.54 Å². The van der Waals surface area contributed by atoms with Gasteiger partial charge in [0.2, 0.25) is 0 Å². The van der Waals surface area contributed by atoms with Crippen LogP contribution >= 0.6 is 15.9 Å². The molecule has 3 aromatic rings. The number of hydrogen-bond acceptors (Lipinski definition) is 4. The minimum Gasteiger partial charge on any atom is -0.457 e. The lowest BCUT2D eigenvalue weighted by atomic mass is 10.1. The van der Waals surface area contributed by atoms with Crippen molar-refractivity contribution in [1.82, 2.24) is 10.2 Å². The molecule has 144 valence electrons. The number of nitrogens with zero attached hydrogens (tertiary/aromatic N) is 1. The van der Waals surface area contributed by atoms with E-state index in [4.69, 9.17) is 4.42 Å². The second-order valence-electron chi connectivity index (χ2n) is 6.40. The zero-order chi connectivity index (χ0) is 20.4. The molecular formula is C22H15BrN2O4. The van der Waals surface area contributed by atoms with Crippen LogP contribution < -0.4 is 5.32 Å². The molecule has 1 aliphatic rings. The molecule has 7 heteroatoms. The molecule has 0 radical (unpaired) electrons. The number of carbonyl (C=O) groups excluding carboxylic acids is 3. The SMILES string of the molecule is O=C1NC(=O)N(Cc2ccccc2)C(=O)C1=Cc1ccc(-c2ccc(Br)cc2)o1. The van der Waals surface area contributed by atoms with Gasteiger partial charge in [0.1, 0.15) is 17.1 Å². The molecule has 2 aromatic carbocycles. The van der Waals surface area contributed by atoms with Gasteiger partial charge in [0, 0.05) is 10.0 Å². The van der Waals surface area contributed by atoms with Gasteiger partial charge in [0.25, 0.3) is 11.8 Å². The first-order valence-corrected chi connectivity index (χ1v) is 9.59. The zero-order valence-electron chi connectivity index (χ0n) is 15.1. The molecule has 1 fully saturated rings. The molecule has 4 rings (SSSR count). The summed E-state index contributed by atoms with van der Waals surface area (Å²) in [5.41, 5.74) is 1.48. The summed E-state index contributed by atoms with van der Waals surface area (Å²) in [7, 11) is 0. The van der Waals surface area contributed by atoms with E-state index in [0.29, 0.717) is 11.5 Å². The number of benzene rings is 2. The van der Waals surface area contributed by atoms with Crippen LogP contribution in [-0.2, 0) is 16.1 Å². The number of barbiturate groups is 1. The van der Waals surface area contributed by atoms with Crippen LogP contribution in [0.3, 0.4) is 0 Å². The second-order valence-corrected chi connectivity index (χ2v) is 7.32. The average molecular weight is 451 g/mol. The number of carbonyl (C=O) groups is 3. The highest BCUT2D eigenvalue weighted by Crippen LogP contribution is 2.26. The maximum atomic E-state index is 12.8. The fraction of sp³-hybridized carbons (Fsp3) is 0.0455. The monoisotopic (exact) mass is 450 g/mol. The number of hydrogen-bond donors (Lipinski definition) is 1. The lowest BCUT2D eigenvalue weighted by molar-refractivity contribution is -0.130. The number of urea groups is 1. The van der Waals surface area contributed by atoms with Gasteiger partial charge in [-0.1, -0.05) is 58.4 Å². The van der Waals surface area contributed by atoms with E-state index in [9.17, 15) is 14.4 Å². The fourth-order valence-electron chi connectivity index (χ4n) is 2.95. The smallest absolute Gasteiger partial charge is 0.331 e. The van der Waals surface area contributed by atoms with Crippen LogP contribution in [0.25, 0.3) is 17.4 Å². The molecule has 6 nitrogen and oxygen atoms in total. The fourth-order valence-corrected chi connectivity index (χ4v) is 3.21. The van der Waals surface area contributed by atoms with E-state index >= 15 is 0 Å². The molecule has 1 saturated heterocycles. The minimum absolute atomic E-state index is 0.0679. The molecule has 2 heterocycles. The highest BCUT2D eigenvalue weighted by molar-refractivity contribution is 9.10. The van der Waals surface area contributed by atoms with E-state index in [2.05, 4.69) is 21.2 Å². The summed E-state index contributed by atoms with van der Waals surface area (Å²) < 4.78 is 6.71. The van der Waals surface area contributed by atoms with E-state index in [1.165, 1.54) is 6.08 Å². The molecule has 0 aliphatic carbocycles. The standard InChI is InChI=1S/C22H15BrN2O4/c23-16-8-6-15(7-9-16)19-11-10-17(29-19)12-18-20(26)24-22(28)25(21(18)27)13-14-4-2-1-3-5-14/h1-12H,13H2,(H,24,26,28). The first-order chi connectivity index (χ1) is 14.0. The summed E-state index contributed by atoms with van der Waals surface area (Å²) >= 11 is 3.38. The molecule has 0 spiro atoms. The lowest BCUT2D eigenvalue weighted by Crippen LogP contribution is -2.53. The summed E-state index contributed by atoms with van der Waals surface area (Å²) in [6.07, 6.45) is 1.35. The largest absolute Gasteiger partial charge is 0.457 e. The van der Waals surface area contributed by atoms with Crippen molar-refractivity contribution in [2.45, 2.75) is 6.54 Å². The predicted octanol–water partition coefficient (Wildman–Crippen LogP) is 4.37. The minimum atomic E-state index is -0.745. The number of amides is 4. The Balaban J connectivity index is 1.60. The van der Waals surface area contributed by atoms with Crippen LogP contribution in [0.5, 0.6) is 0 Å². The Bertz CT molecular complexity index is 1120. The summed E-state index contributed by atoms with van der Waals surface area (Å²) in [5.74, 6) is -0.462. The maximum Gasteiger partial charge on any atom is 0.331 e. The molecule has 1 aromatic heterocycles. The van der Waals surface area contributed by atoms with Crippen LogP contribution in [0, 0.1) is 0 Å². The zero-order valence-corrected chi connectivity index (χ0v) is 16.7. The first kappa shape index (κ1) is 18.9. The summed E-state index contributed by atoms with van der Waals surface area (Å²) in [5, 5.41) is 2.21. The van der Waals surface area contributed by atoms with Gasteiger partial charge in [-0.2, -0.15) is 0 Å². The molecule has 0 atom stereocenters. The normalized spacial score (nSPS) is 15.7. The Morgan fingerprint density at radius 3 is 2.38 bits per heavy atom. The van der Waals surface area contributed by atoms with Crippen molar-refractivity contribution >= 4 is 39.9 Å². The van der Waals surface area contributed by atoms with E-state index in [0.717, 1.165) is 20.5 Å². The van der Waals surface area contributed by atoms with Crippen LogP contribution in [0.15, 0.2) is 81.2 Å². The van der Waals surface area contributed by atoms with Crippen molar-refractivity contribution in [2.75, 3.05) is 0 Å². The lowest BCUT2D eigenvalue weighted by Gasteiger charge is -2.26. The number of imide groups is 2. The Morgan fingerprint density at radius 2 is 1.66 bits per heavy atom. The predicted molar refractivity (Wildman–Crippen MR) is 110 cm³/mol. The van der Waals surface area contributed by atoms with Gasteiger partial charge in [-0.15, -0.1) is 0 Å². The number of rotatable bonds is 4. The van der Waals surface area contributed by atoms with Crippen LogP contribution in [0.4, 0.5) is 4.79 Å². The maximum absolute atomic E-state index is 12.8. The topological polar surface area (TPSA) is 79.6 Å². The quantitative estimate of drug-likeness (QED) is 0.472. The molecule has 29 heavy (non-hydrogen) atoms.